The summed E-state index contributed by atoms with van der Waals surface area (Å²) < 4.78 is 5.22. The zero-order valence-corrected chi connectivity index (χ0v) is 11.2. The highest BCUT2D eigenvalue weighted by Gasteiger charge is 2.22. The fraction of sp³-hybridized carbons (Fsp3) is 0.429. The molecule has 1 amide bonds. The summed E-state index contributed by atoms with van der Waals surface area (Å²) in [5.41, 5.74) is 0.890. The molecule has 0 fully saturated rings. The van der Waals surface area contributed by atoms with E-state index in [-0.39, 0.29) is 19.0 Å². The fourth-order valence-electron chi connectivity index (χ4n) is 1.76. The molecule has 0 spiro atoms. The van der Waals surface area contributed by atoms with Gasteiger partial charge < -0.3 is 14.7 Å². The topological polar surface area (TPSA) is 66.8 Å². The predicted octanol–water partition coefficient (Wildman–Crippen LogP) is 1.52. The van der Waals surface area contributed by atoms with E-state index in [9.17, 15) is 9.59 Å². The van der Waals surface area contributed by atoms with Crippen molar-refractivity contribution in [3.8, 4) is 0 Å². The number of hydrogen-bond donors (Lipinski definition) is 1. The summed E-state index contributed by atoms with van der Waals surface area (Å²) in [6, 6.07) is 9.28. The van der Waals surface area contributed by atoms with Gasteiger partial charge in [0.1, 0.15) is 12.6 Å². The van der Waals surface area contributed by atoms with Gasteiger partial charge in [0, 0.05) is 13.2 Å². The molecule has 0 radical (unpaired) electrons. The highest BCUT2D eigenvalue weighted by atomic mass is 16.5. The summed E-state index contributed by atoms with van der Waals surface area (Å²) in [7, 11) is 0. The van der Waals surface area contributed by atoms with E-state index in [0.29, 0.717) is 6.61 Å². The van der Waals surface area contributed by atoms with E-state index in [1.165, 1.54) is 4.90 Å². The first kappa shape index (κ1) is 15.2. The number of carbonyl (C=O) groups excluding carboxylic acids is 1. The summed E-state index contributed by atoms with van der Waals surface area (Å²) in [5.74, 6) is -1.35. The van der Waals surface area contributed by atoms with Crippen LogP contribution >= 0.6 is 0 Å². The van der Waals surface area contributed by atoms with Crippen molar-refractivity contribution in [2.75, 3.05) is 13.2 Å². The molecule has 1 atom stereocenters. The van der Waals surface area contributed by atoms with Crippen molar-refractivity contribution in [2.24, 2.45) is 0 Å². The van der Waals surface area contributed by atoms with Gasteiger partial charge in [-0.15, -0.1) is 0 Å². The van der Waals surface area contributed by atoms with E-state index in [1.807, 2.05) is 30.3 Å². The predicted molar refractivity (Wildman–Crippen MR) is 70.6 cm³/mol. The first-order chi connectivity index (χ1) is 9.04. The first-order valence-corrected chi connectivity index (χ1v) is 6.20. The third-order valence-electron chi connectivity index (χ3n) is 2.62. The van der Waals surface area contributed by atoms with Gasteiger partial charge in [-0.25, -0.2) is 0 Å². The van der Waals surface area contributed by atoms with Crippen LogP contribution in [-0.4, -0.2) is 41.1 Å². The summed E-state index contributed by atoms with van der Waals surface area (Å²) >= 11 is 0. The van der Waals surface area contributed by atoms with E-state index in [2.05, 4.69) is 0 Å². The molecule has 1 unspecified atom stereocenters. The van der Waals surface area contributed by atoms with Crippen LogP contribution in [0.25, 0.3) is 0 Å². The van der Waals surface area contributed by atoms with Crippen LogP contribution < -0.4 is 0 Å². The average molecular weight is 265 g/mol. The molecule has 5 nitrogen and oxygen atoms in total. The molecule has 1 rings (SSSR count). The van der Waals surface area contributed by atoms with Crippen molar-refractivity contribution in [2.45, 2.75) is 26.5 Å². The Kier molecular flexibility index (Phi) is 6.02. The molecule has 1 aromatic carbocycles. The lowest BCUT2D eigenvalue weighted by molar-refractivity contribution is -0.150. The Bertz CT molecular complexity index is 419. The number of aliphatic carboxylic acids is 1. The van der Waals surface area contributed by atoms with Gasteiger partial charge in [-0.1, -0.05) is 30.3 Å². The van der Waals surface area contributed by atoms with Gasteiger partial charge in [0.2, 0.25) is 0 Å². The van der Waals surface area contributed by atoms with Gasteiger partial charge in [0.15, 0.2) is 0 Å². The van der Waals surface area contributed by atoms with Gasteiger partial charge in [-0.05, 0) is 19.4 Å². The Morgan fingerprint density at radius 1 is 1.32 bits per heavy atom. The van der Waals surface area contributed by atoms with Gasteiger partial charge in [0.05, 0.1) is 0 Å². The molecule has 1 N–H and O–H groups in total. The third-order valence-corrected chi connectivity index (χ3v) is 2.62. The van der Waals surface area contributed by atoms with Crippen LogP contribution in [-0.2, 0) is 20.9 Å². The van der Waals surface area contributed by atoms with Crippen LogP contribution in [0.2, 0.25) is 0 Å². The van der Waals surface area contributed by atoms with Crippen molar-refractivity contribution >= 4 is 11.9 Å². The number of ether oxygens (including phenoxy) is 1. The Morgan fingerprint density at radius 2 is 1.95 bits per heavy atom. The van der Waals surface area contributed by atoms with Crippen molar-refractivity contribution in [1.82, 2.24) is 4.90 Å². The van der Waals surface area contributed by atoms with Gasteiger partial charge in [0.25, 0.3) is 5.91 Å². The molecule has 0 saturated carbocycles. The third kappa shape index (κ3) is 5.09. The van der Waals surface area contributed by atoms with Crippen molar-refractivity contribution < 1.29 is 19.4 Å². The molecule has 0 saturated heterocycles. The van der Waals surface area contributed by atoms with Crippen LogP contribution in [0.4, 0.5) is 0 Å². The highest BCUT2D eigenvalue weighted by molar-refractivity contribution is 5.84. The van der Waals surface area contributed by atoms with Crippen LogP contribution in [0.3, 0.4) is 0 Å². The zero-order chi connectivity index (χ0) is 14.3. The largest absolute Gasteiger partial charge is 0.480 e. The number of benzene rings is 1. The molecule has 5 heteroatoms. The summed E-state index contributed by atoms with van der Waals surface area (Å²) in [6.45, 7) is 3.78. The average Bonchev–Trinajstić information content (AvgIpc) is 2.38. The molecule has 0 aliphatic carbocycles. The highest BCUT2D eigenvalue weighted by Crippen LogP contribution is 2.07. The lowest BCUT2D eigenvalue weighted by atomic mass is 10.2. The minimum atomic E-state index is -1.03. The monoisotopic (exact) mass is 265 g/mol. The Labute approximate surface area is 112 Å². The van der Waals surface area contributed by atoms with Crippen molar-refractivity contribution in [3.05, 3.63) is 35.9 Å². The number of rotatable bonds is 7. The number of amides is 1. The summed E-state index contributed by atoms with van der Waals surface area (Å²) in [6.07, 6.45) is -0.631. The van der Waals surface area contributed by atoms with Gasteiger partial charge in [-0.2, -0.15) is 0 Å². The van der Waals surface area contributed by atoms with Crippen LogP contribution in [0.1, 0.15) is 19.4 Å². The van der Waals surface area contributed by atoms with E-state index in [1.54, 1.807) is 13.8 Å². The molecule has 0 bridgehead atoms. The first-order valence-electron chi connectivity index (χ1n) is 6.20. The summed E-state index contributed by atoms with van der Waals surface area (Å²) in [4.78, 5) is 24.3. The van der Waals surface area contributed by atoms with E-state index in [4.69, 9.17) is 9.84 Å². The molecular weight excluding hydrogens is 246 g/mol. The minimum absolute atomic E-state index is 0.267. The van der Waals surface area contributed by atoms with Gasteiger partial charge >= 0.3 is 5.97 Å². The van der Waals surface area contributed by atoms with Gasteiger partial charge in [-0.3, -0.25) is 9.59 Å². The number of hydrogen-bond acceptors (Lipinski definition) is 3. The lowest BCUT2D eigenvalue weighted by Crippen LogP contribution is -2.41. The minimum Gasteiger partial charge on any atom is -0.480 e. The molecule has 19 heavy (non-hydrogen) atoms. The SMILES string of the molecule is CCOC(C)C(=O)N(CC(=O)O)Cc1ccccc1. The number of carbonyl (C=O) groups is 2. The molecule has 0 aliphatic rings. The second-order valence-electron chi connectivity index (χ2n) is 4.17. The number of carboxylic acids is 1. The van der Waals surface area contributed by atoms with E-state index >= 15 is 0 Å². The van der Waals surface area contributed by atoms with Crippen LogP contribution in [0, 0.1) is 0 Å². The number of carboxylic acid groups (broad SMARTS) is 1. The second kappa shape index (κ2) is 7.53. The quantitative estimate of drug-likeness (QED) is 0.811. The van der Waals surface area contributed by atoms with E-state index < -0.39 is 12.1 Å². The molecule has 0 heterocycles. The molecule has 0 aliphatic heterocycles. The van der Waals surface area contributed by atoms with E-state index in [0.717, 1.165) is 5.56 Å². The molecule has 104 valence electrons. The second-order valence-corrected chi connectivity index (χ2v) is 4.17. The summed E-state index contributed by atoms with van der Waals surface area (Å²) in [5, 5.41) is 8.89. The standard InChI is InChI=1S/C14H19NO4/c1-3-19-11(2)14(18)15(10-13(16)17)9-12-7-5-4-6-8-12/h4-8,11H,3,9-10H2,1-2H3,(H,16,17). The van der Waals surface area contributed by atoms with Crippen molar-refractivity contribution in [1.29, 1.82) is 0 Å². The Hall–Kier alpha value is -1.88. The Balaban J connectivity index is 2.77. The lowest BCUT2D eigenvalue weighted by Gasteiger charge is -2.24. The smallest absolute Gasteiger partial charge is 0.323 e. The van der Waals surface area contributed by atoms with Crippen LogP contribution in [0.5, 0.6) is 0 Å². The maximum absolute atomic E-state index is 12.1. The zero-order valence-electron chi connectivity index (χ0n) is 11.2. The Morgan fingerprint density at radius 3 is 2.47 bits per heavy atom. The molecular formula is C14H19NO4. The number of nitrogens with zero attached hydrogens (tertiary/aromatic N) is 1. The normalized spacial score (nSPS) is 11.9. The molecule has 0 aromatic heterocycles. The maximum atomic E-state index is 12.1. The molecule has 1 aromatic rings. The fourth-order valence-corrected chi connectivity index (χ4v) is 1.76. The van der Waals surface area contributed by atoms with Crippen LogP contribution in [0.15, 0.2) is 30.3 Å². The maximum Gasteiger partial charge on any atom is 0.323 e. The van der Waals surface area contributed by atoms with Crippen molar-refractivity contribution in [3.63, 3.8) is 0 Å².